The van der Waals surface area contributed by atoms with E-state index in [9.17, 15) is 4.79 Å². The Hall–Kier alpha value is -0.870. The van der Waals surface area contributed by atoms with E-state index in [0.29, 0.717) is 6.04 Å². The van der Waals surface area contributed by atoms with Crippen molar-refractivity contribution in [3.63, 3.8) is 0 Å². The van der Waals surface area contributed by atoms with E-state index in [2.05, 4.69) is 18.3 Å². The molecule has 17 heavy (non-hydrogen) atoms. The van der Waals surface area contributed by atoms with E-state index >= 15 is 0 Å². The molecule has 0 saturated carbocycles. The molecule has 1 aromatic heterocycles. The van der Waals surface area contributed by atoms with Crippen molar-refractivity contribution in [2.75, 3.05) is 20.1 Å². The van der Waals surface area contributed by atoms with Gasteiger partial charge in [0.1, 0.15) is 0 Å². The standard InChI is InChI=1S/C13H20N2OS/c1-3-10-6-9-17-12(10)13(16)15-7-4-11(14-2)5-8-15/h6,9,11,14H,3-5,7-8H2,1-2H3. The van der Waals surface area contributed by atoms with Gasteiger partial charge in [0.25, 0.3) is 5.91 Å². The van der Waals surface area contributed by atoms with Gasteiger partial charge in [-0.3, -0.25) is 4.79 Å². The highest BCUT2D eigenvalue weighted by atomic mass is 32.1. The Morgan fingerprint density at radius 2 is 2.24 bits per heavy atom. The first-order chi connectivity index (χ1) is 8.26. The molecular formula is C13H20N2OS. The Bertz CT molecular complexity index is 381. The Balaban J connectivity index is 2.02. The molecule has 94 valence electrons. The number of likely N-dealkylation sites (tertiary alicyclic amines) is 1. The molecule has 1 saturated heterocycles. The van der Waals surface area contributed by atoms with Gasteiger partial charge in [-0.1, -0.05) is 6.92 Å². The number of aryl methyl sites for hydroxylation is 1. The molecule has 1 aliphatic rings. The largest absolute Gasteiger partial charge is 0.338 e. The van der Waals surface area contributed by atoms with Crippen LogP contribution in [0, 0.1) is 0 Å². The molecule has 4 heteroatoms. The number of hydrogen-bond donors (Lipinski definition) is 1. The minimum absolute atomic E-state index is 0.228. The first-order valence-electron chi connectivity index (χ1n) is 6.29. The maximum absolute atomic E-state index is 12.4. The Labute approximate surface area is 107 Å². The number of carbonyl (C=O) groups excluding carboxylic acids is 1. The van der Waals surface area contributed by atoms with Gasteiger partial charge in [-0.05, 0) is 43.3 Å². The van der Waals surface area contributed by atoms with Crippen molar-refractivity contribution in [1.29, 1.82) is 0 Å². The number of piperidine rings is 1. The predicted octanol–water partition coefficient (Wildman–Crippen LogP) is 2.13. The molecule has 1 aliphatic heterocycles. The van der Waals surface area contributed by atoms with Crippen molar-refractivity contribution in [2.45, 2.75) is 32.2 Å². The molecule has 1 aromatic rings. The van der Waals surface area contributed by atoms with Gasteiger partial charge in [0, 0.05) is 19.1 Å². The van der Waals surface area contributed by atoms with Crippen LogP contribution >= 0.6 is 11.3 Å². The van der Waals surface area contributed by atoms with Crippen molar-refractivity contribution in [1.82, 2.24) is 10.2 Å². The summed E-state index contributed by atoms with van der Waals surface area (Å²) >= 11 is 1.58. The molecule has 0 aromatic carbocycles. The summed E-state index contributed by atoms with van der Waals surface area (Å²) in [6.07, 6.45) is 3.07. The minimum atomic E-state index is 0.228. The average Bonchev–Trinajstić information content (AvgIpc) is 2.86. The second-order valence-electron chi connectivity index (χ2n) is 4.48. The van der Waals surface area contributed by atoms with Crippen LogP contribution in [0.1, 0.15) is 35.0 Å². The monoisotopic (exact) mass is 252 g/mol. The zero-order valence-electron chi connectivity index (χ0n) is 10.5. The second-order valence-corrected chi connectivity index (χ2v) is 5.40. The third-order valence-corrected chi connectivity index (χ3v) is 4.46. The highest BCUT2D eigenvalue weighted by Gasteiger charge is 2.24. The predicted molar refractivity (Wildman–Crippen MR) is 71.7 cm³/mol. The van der Waals surface area contributed by atoms with Gasteiger partial charge in [0.15, 0.2) is 0 Å². The van der Waals surface area contributed by atoms with Crippen LogP contribution in [0.2, 0.25) is 0 Å². The molecule has 3 nitrogen and oxygen atoms in total. The maximum Gasteiger partial charge on any atom is 0.264 e. The van der Waals surface area contributed by atoms with Crippen molar-refractivity contribution in [3.05, 3.63) is 21.9 Å². The number of nitrogens with zero attached hydrogens (tertiary/aromatic N) is 1. The molecule has 0 spiro atoms. The summed E-state index contributed by atoms with van der Waals surface area (Å²) in [6, 6.07) is 2.64. The molecule has 0 bridgehead atoms. The fraction of sp³-hybridized carbons (Fsp3) is 0.615. The third kappa shape index (κ3) is 2.69. The second kappa shape index (κ2) is 5.65. The Morgan fingerprint density at radius 1 is 1.53 bits per heavy atom. The Morgan fingerprint density at radius 3 is 2.82 bits per heavy atom. The average molecular weight is 252 g/mol. The number of carbonyl (C=O) groups is 1. The van der Waals surface area contributed by atoms with E-state index < -0.39 is 0 Å². The lowest BCUT2D eigenvalue weighted by Crippen LogP contribution is -2.43. The van der Waals surface area contributed by atoms with Crippen molar-refractivity contribution >= 4 is 17.2 Å². The van der Waals surface area contributed by atoms with Crippen LogP contribution in [0.3, 0.4) is 0 Å². The van der Waals surface area contributed by atoms with Gasteiger partial charge in [0.2, 0.25) is 0 Å². The van der Waals surface area contributed by atoms with Crippen LogP contribution in [0.5, 0.6) is 0 Å². The molecule has 1 amide bonds. The van der Waals surface area contributed by atoms with Crippen molar-refractivity contribution in [3.8, 4) is 0 Å². The number of amides is 1. The van der Waals surface area contributed by atoms with Gasteiger partial charge in [-0.15, -0.1) is 11.3 Å². The van der Waals surface area contributed by atoms with Crippen LogP contribution in [-0.2, 0) is 6.42 Å². The van der Waals surface area contributed by atoms with Crippen LogP contribution in [0.4, 0.5) is 0 Å². The summed E-state index contributed by atoms with van der Waals surface area (Å²) in [4.78, 5) is 15.3. The minimum Gasteiger partial charge on any atom is -0.338 e. The molecule has 0 atom stereocenters. The fourth-order valence-electron chi connectivity index (χ4n) is 2.32. The number of rotatable bonds is 3. The van der Waals surface area contributed by atoms with E-state index in [4.69, 9.17) is 0 Å². The Kier molecular flexibility index (Phi) is 4.18. The number of hydrogen-bond acceptors (Lipinski definition) is 3. The smallest absolute Gasteiger partial charge is 0.264 e. The summed E-state index contributed by atoms with van der Waals surface area (Å²) in [5.74, 6) is 0.228. The third-order valence-electron chi connectivity index (χ3n) is 3.51. The van der Waals surface area contributed by atoms with Crippen LogP contribution in [0.15, 0.2) is 11.4 Å². The van der Waals surface area contributed by atoms with Gasteiger partial charge >= 0.3 is 0 Å². The lowest BCUT2D eigenvalue weighted by Gasteiger charge is -2.31. The lowest BCUT2D eigenvalue weighted by atomic mass is 10.0. The van der Waals surface area contributed by atoms with Crippen LogP contribution in [-0.4, -0.2) is 37.0 Å². The van der Waals surface area contributed by atoms with Gasteiger partial charge in [0.05, 0.1) is 4.88 Å². The topological polar surface area (TPSA) is 32.3 Å². The van der Waals surface area contributed by atoms with Gasteiger partial charge in [-0.25, -0.2) is 0 Å². The van der Waals surface area contributed by atoms with E-state index in [-0.39, 0.29) is 5.91 Å². The van der Waals surface area contributed by atoms with Gasteiger partial charge < -0.3 is 10.2 Å². The lowest BCUT2D eigenvalue weighted by molar-refractivity contribution is 0.0711. The maximum atomic E-state index is 12.4. The summed E-state index contributed by atoms with van der Waals surface area (Å²) in [6.45, 7) is 3.86. The summed E-state index contributed by atoms with van der Waals surface area (Å²) in [5.41, 5.74) is 1.19. The van der Waals surface area contributed by atoms with E-state index in [1.54, 1.807) is 11.3 Å². The molecular weight excluding hydrogens is 232 g/mol. The number of thiophene rings is 1. The highest BCUT2D eigenvalue weighted by molar-refractivity contribution is 7.12. The molecule has 0 radical (unpaired) electrons. The molecule has 2 rings (SSSR count). The van der Waals surface area contributed by atoms with Crippen LogP contribution < -0.4 is 5.32 Å². The summed E-state index contributed by atoms with van der Waals surface area (Å²) < 4.78 is 0. The highest BCUT2D eigenvalue weighted by Crippen LogP contribution is 2.21. The van der Waals surface area contributed by atoms with Crippen molar-refractivity contribution < 1.29 is 4.79 Å². The first kappa shape index (κ1) is 12.6. The molecule has 0 aliphatic carbocycles. The first-order valence-corrected chi connectivity index (χ1v) is 7.17. The zero-order valence-corrected chi connectivity index (χ0v) is 11.3. The molecule has 1 fully saturated rings. The normalized spacial score (nSPS) is 17.4. The molecule has 0 unspecified atom stereocenters. The SMILES string of the molecule is CCc1ccsc1C(=O)N1CCC(NC)CC1. The quantitative estimate of drug-likeness (QED) is 0.894. The van der Waals surface area contributed by atoms with E-state index in [1.165, 1.54) is 5.56 Å². The molecule has 2 heterocycles. The fourth-order valence-corrected chi connectivity index (χ4v) is 3.28. The number of nitrogens with one attached hydrogen (secondary N) is 1. The zero-order chi connectivity index (χ0) is 12.3. The van der Waals surface area contributed by atoms with E-state index in [1.807, 2.05) is 17.3 Å². The van der Waals surface area contributed by atoms with E-state index in [0.717, 1.165) is 37.2 Å². The summed E-state index contributed by atoms with van der Waals surface area (Å²) in [5, 5.41) is 5.31. The van der Waals surface area contributed by atoms with Crippen molar-refractivity contribution in [2.24, 2.45) is 0 Å². The summed E-state index contributed by atoms with van der Waals surface area (Å²) in [7, 11) is 2.00. The molecule has 1 N–H and O–H groups in total. The van der Waals surface area contributed by atoms with Gasteiger partial charge in [-0.2, -0.15) is 0 Å². The van der Waals surface area contributed by atoms with Crippen LogP contribution in [0.25, 0.3) is 0 Å².